The normalized spacial score (nSPS) is 11.2. The van der Waals surface area contributed by atoms with Crippen LogP contribution in [0.3, 0.4) is 0 Å². The number of esters is 1. The highest BCUT2D eigenvalue weighted by Gasteiger charge is 2.00. The molecule has 0 radical (unpaired) electrons. The molecule has 0 bridgehead atoms. The fourth-order valence-corrected chi connectivity index (χ4v) is 1.67. The fourth-order valence-electron chi connectivity index (χ4n) is 1.67. The SMILES string of the molecule is COC(=O)CCCC/C=C(\N)c1ccc(OC)cc1. The molecule has 0 unspecified atom stereocenters. The Labute approximate surface area is 114 Å². The van der Waals surface area contributed by atoms with Crippen molar-refractivity contribution >= 4 is 11.7 Å². The van der Waals surface area contributed by atoms with Crippen molar-refractivity contribution < 1.29 is 14.3 Å². The Morgan fingerprint density at radius 2 is 1.89 bits per heavy atom. The van der Waals surface area contributed by atoms with E-state index >= 15 is 0 Å². The van der Waals surface area contributed by atoms with Crippen LogP contribution in [0.5, 0.6) is 5.75 Å². The Kier molecular flexibility index (Phi) is 6.50. The zero-order chi connectivity index (χ0) is 14.1. The van der Waals surface area contributed by atoms with Crippen LogP contribution in [-0.2, 0) is 9.53 Å². The van der Waals surface area contributed by atoms with Crippen LogP contribution in [0.1, 0.15) is 31.2 Å². The number of unbranched alkanes of at least 4 members (excludes halogenated alkanes) is 2. The second-order valence-corrected chi connectivity index (χ2v) is 4.21. The standard InChI is InChI=1S/C15H21NO3/c1-18-13-10-8-12(9-11-13)14(16)6-4-3-5-7-15(17)19-2/h6,8-11H,3-5,7,16H2,1-2H3/b14-6-. The molecule has 1 rings (SSSR count). The lowest BCUT2D eigenvalue weighted by Crippen LogP contribution is -1.99. The highest BCUT2D eigenvalue weighted by molar-refractivity contribution is 5.69. The molecule has 0 aliphatic heterocycles. The summed E-state index contributed by atoms with van der Waals surface area (Å²) in [5, 5.41) is 0. The first-order chi connectivity index (χ1) is 9.17. The van der Waals surface area contributed by atoms with Gasteiger partial charge in [-0.15, -0.1) is 0 Å². The predicted octanol–water partition coefficient (Wildman–Crippen LogP) is 2.73. The van der Waals surface area contributed by atoms with Gasteiger partial charge < -0.3 is 15.2 Å². The van der Waals surface area contributed by atoms with Crippen LogP contribution in [0.15, 0.2) is 30.3 Å². The van der Waals surface area contributed by atoms with Gasteiger partial charge in [0.05, 0.1) is 14.2 Å². The van der Waals surface area contributed by atoms with Gasteiger partial charge in [-0.2, -0.15) is 0 Å². The second-order valence-electron chi connectivity index (χ2n) is 4.21. The summed E-state index contributed by atoms with van der Waals surface area (Å²) in [5.41, 5.74) is 7.71. The molecule has 0 fully saturated rings. The van der Waals surface area contributed by atoms with Crippen LogP contribution in [0.2, 0.25) is 0 Å². The molecule has 4 heteroatoms. The van der Waals surface area contributed by atoms with Crippen molar-refractivity contribution in [2.24, 2.45) is 5.73 Å². The third-order valence-electron chi connectivity index (χ3n) is 2.85. The summed E-state index contributed by atoms with van der Waals surface area (Å²) >= 11 is 0. The minimum absolute atomic E-state index is 0.160. The third kappa shape index (κ3) is 5.46. The van der Waals surface area contributed by atoms with Crippen molar-refractivity contribution in [2.45, 2.75) is 25.7 Å². The van der Waals surface area contributed by atoms with E-state index in [-0.39, 0.29) is 5.97 Å². The van der Waals surface area contributed by atoms with E-state index in [2.05, 4.69) is 4.74 Å². The molecular weight excluding hydrogens is 242 g/mol. The monoisotopic (exact) mass is 263 g/mol. The van der Waals surface area contributed by atoms with E-state index in [1.807, 2.05) is 30.3 Å². The van der Waals surface area contributed by atoms with E-state index in [9.17, 15) is 4.79 Å². The number of nitrogens with two attached hydrogens (primary N) is 1. The van der Waals surface area contributed by atoms with Crippen LogP contribution in [-0.4, -0.2) is 20.2 Å². The van der Waals surface area contributed by atoms with E-state index in [1.165, 1.54) is 7.11 Å². The fraction of sp³-hybridized carbons (Fsp3) is 0.400. The number of hydrogen-bond donors (Lipinski definition) is 1. The Balaban J connectivity index is 2.37. The van der Waals surface area contributed by atoms with Crippen molar-refractivity contribution in [3.63, 3.8) is 0 Å². The molecule has 1 aromatic rings. The van der Waals surface area contributed by atoms with Gasteiger partial charge in [0.25, 0.3) is 0 Å². The lowest BCUT2D eigenvalue weighted by Gasteiger charge is -2.04. The van der Waals surface area contributed by atoms with Gasteiger partial charge in [-0.1, -0.05) is 6.08 Å². The quantitative estimate of drug-likeness (QED) is 0.607. The van der Waals surface area contributed by atoms with Crippen molar-refractivity contribution in [3.05, 3.63) is 35.9 Å². The highest BCUT2D eigenvalue weighted by Crippen LogP contribution is 2.16. The van der Waals surface area contributed by atoms with Crippen LogP contribution in [0, 0.1) is 0 Å². The molecule has 4 nitrogen and oxygen atoms in total. The van der Waals surface area contributed by atoms with Gasteiger partial charge in [0.2, 0.25) is 0 Å². The molecule has 0 saturated carbocycles. The maximum absolute atomic E-state index is 10.9. The molecule has 0 aliphatic carbocycles. The van der Waals surface area contributed by atoms with Gasteiger partial charge in [0.1, 0.15) is 5.75 Å². The maximum Gasteiger partial charge on any atom is 0.305 e. The molecule has 0 heterocycles. The summed E-state index contributed by atoms with van der Waals surface area (Å²) < 4.78 is 9.67. The number of carbonyl (C=O) groups is 1. The zero-order valence-corrected chi connectivity index (χ0v) is 11.5. The number of carbonyl (C=O) groups excluding carboxylic acids is 1. The molecule has 104 valence electrons. The number of benzene rings is 1. The molecule has 1 aromatic carbocycles. The van der Waals surface area contributed by atoms with Gasteiger partial charge in [-0.05, 0) is 49.1 Å². The number of allylic oxidation sites excluding steroid dienone is 1. The molecule has 0 aromatic heterocycles. The first-order valence-corrected chi connectivity index (χ1v) is 6.34. The molecular formula is C15H21NO3. The number of hydrogen-bond acceptors (Lipinski definition) is 4. The summed E-state index contributed by atoms with van der Waals surface area (Å²) in [6, 6.07) is 7.62. The predicted molar refractivity (Wildman–Crippen MR) is 75.6 cm³/mol. The minimum atomic E-state index is -0.160. The number of rotatable bonds is 7. The van der Waals surface area contributed by atoms with E-state index in [0.717, 1.165) is 36.3 Å². The Morgan fingerprint density at radius 1 is 1.21 bits per heavy atom. The number of methoxy groups -OCH3 is 2. The highest BCUT2D eigenvalue weighted by atomic mass is 16.5. The van der Waals surface area contributed by atoms with Crippen molar-refractivity contribution in [1.29, 1.82) is 0 Å². The summed E-state index contributed by atoms with van der Waals surface area (Å²) in [6.07, 6.45) is 5.05. The van der Waals surface area contributed by atoms with Gasteiger partial charge >= 0.3 is 5.97 Å². The van der Waals surface area contributed by atoms with Gasteiger partial charge in [-0.25, -0.2) is 0 Å². The Bertz CT molecular complexity index is 424. The topological polar surface area (TPSA) is 61.5 Å². The molecule has 0 atom stereocenters. The van der Waals surface area contributed by atoms with Crippen LogP contribution in [0.25, 0.3) is 5.70 Å². The number of ether oxygens (including phenoxy) is 2. The van der Waals surface area contributed by atoms with E-state index in [1.54, 1.807) is 7.11 Å². The largest absolute Gasteiger partial charge is 0.497 e. The molecule has 0 aliphatic rings. The van der Waals surface area contributed by atoms with Crippen LogP contribution < -0.4 is 10.5 Å². The molecule has 0 saturated heterocycles. The van der Waals surface area contributed by atoms with E-state index < -0.39 is 0 Å². The van der Waals surface area contributed by atoms with Gasteiger partial charge in [0.15, 0.2) is 0 Å². The molecule has 0 spiro atoms. The second kappa shape index (κ2) is 8.19. The Hall–Kier alpha value is -1.97. The first kappa shape index (κ1) is 15.1. The van der Waals surface area contributed by atoms with E-state index in [0.29, 0.717) is 6.42 Å². The van der Waals surface area contributed by atoms with Crippen molar-refractivity contribution in [2.75, 3.05) is 14.2 Å². The maximum atomic E-state index is 10.9. The van der Waals surface area contributed by atoms with Crippen LogP contribution >= 0.6 is 0 Å². The zero-order valence-electron chi connectivity index (χ0n) is 11.5. The molecule has 2 N–H and O–H groups in total. The first-order valence-electron chi connectivity index (χ1n) is 6.34. The van der Waals surface area contributed by atoms with E-state index in [4.69, 9.17) is 10.5 Å². The lowest BCUT2D eigenvalue weighted by atomic mass is 10.1. The smallest absolute Gasteiger partial charge is 0.305 e. The third-order valence-corrected chi connectivity index (χ3v) is 2.85. The minimum Gasteiger partial charge on any atom is -0.497 e. The summed E-state index contributed by atoms with van der Waals surface area (Å²) in [6.45, 7) is 0. The van der Waals surface area contributed by atoms with Crippen LogP contribution in [0.4, 0.5) is 0 Å². The van der Waals surface area contributed by atoms with Gasteiger partial charge in [-0.3, -0.25) is 4.79 Å². The van der Waals surface area contributed by atoms with Crippen molar-refractivity contribution in [1.82, 2.24) is 0 Å². The lowest BCUT2D eigenvalue weighted by molar-refractivity contribution is -0.140. The average molecular weight is 263 g/mol. The summed E-state index contributed by atoms with van der Waals surface area (Å²) in [4.78, 5) is 10.9. The van der Waals surface area contributed by atoms with Gasteiger partial charge in [0, 0.05) is 12.1 Å². The Morgan fingerprint density at radius 3 is 2.47 bits per heavy atom. The summed E-state index contributed by atoms with van der Waals surface area (Å²) in [7, 11) is 3.04. The summed E-state index contributed by atoms with van der Waals surface area (Å²) in [5.74, 6) is 0.654. The average Bonchev–Trinajstić information content (AvgIpc) is 2.46. The molecule has 19 heavy (non-hydrogen) atoms. The van der Waals surface area contributed by atoms with Crippen molar-refractivity contribution in [3.8, 4) is 5.75 Å². The molecule has 0 amide bonds.